The van der Waals surface area contributed by atoms with Crippen LogP contribution in [0, 0.1) is 11.7 Å². The van der Waals surface area contributed by atoms with Crippen LogP contribution in [0.4, 0.5) is 10.1 Å². The molecule has 0 aromatic heterocycles. The molecule has 0 aliphatic heterocycles. The molecule has 2 N–H and O–H groups in total. The van der Waals surface area contributed by atoms with E-state index in [0.29, 0.717) is 11.5 Å². The summed E-state index contributed by atoms with van der Waals surface area (Å²) in [7, 11) is 1.63. The number of amides is 1. The molecule has 2 unspecified atom stereocenters. The summed E-state index contributed by atoms with van der Waals surface area (Å²) < 4.78 is 13.7. The number of para-hydroxylation sites is 1. The van der Waals surface area contributed by atoms with Crippen LogP contribution in [0.15, 0.2) is 18.2 Å². The molecule has 1 amide bonds. The van der Waals surface area contributed by atoms with Gasteiger partial charge in [0, 0.05) is 13.1 Å². The largest absolute Gasteiger partial charge is 0.385 e. The third-order valence-electron chi connectivity index (χ3n) is 4.26. The van der Waals surface area contributed by atoms with Crippen molar-refractivity contribution in [2.45, 2.75) is 45.1 Å². The van der Waals surface area contributed by atoms with E-state index in [1.807, 2.05) is 0 Å². The van der Waals surface area contributed by atoms with Crippen molar-refractivity contribution in [3.63, 3.8) is 0 Å². The quantitative estimate of drug-likeness (QED) is 0.884. The zero-order valence-corrected chi connectivity index (χ0v) is 12.2. The molecule has 1 aromatic carbocycles. The van der Waals surface area contributed by atoms with Gasteiger partial charge in [-0.2, -0.15) is 0 Å². The average molecular weight is 278 g/mol. The zero-order chi connectivity index (χ0) is 14.5. The number of halogens is 1. The molecule has 4 heteroatoms. The lowest BCUT2D eigenvalue weighted by molar-refractivity contribution is 0.0905. The smallest absolute Gasteiger partial charge is 0.253 e. The van der Waals surface area contributed by atoms with Gasteiger partial charge in [-0.15, -0.1) is 0 Å². The van der Waals surface area contributed by atoms with Crippen molar-refractivity contribution in [3.8, 4) is 0 Å². The fourth-order valence-corrected chi connectivity index (χ4v) is 3.10. The van der Waals surface area contributed by atoms with Crippen LogP contribution >= 0.6 is 0 Å². The van der Waals surface area contributed by atoms with Crippen molar-refractivity contribution in [1.82, 2.24) is 5.32 Å². The second-order valence-corrected chi connectivity index (χ2v) is 5.45. The van der Waals surface area contributed by atoms with Crippen molar-refractivity contribution in [3.05, 3.63) is 29.6 Å². The number of hydrogen-bond acceptors (Lipinski definition) is 2. The zero-order valence-electron chi connectivity index (χ0n) is 12.2. The summed E-state index contributed by atoms with van der Waals surface area (Å²) in [6, 6.07) is 4.81. The van der Waals surface area contributed by atoms with Gasteiger partial charge in [0.2, 0.25) is 0 Å². The third kappa shape index (κ3) is 3.11. The summed E-state index contributed by atoms with van der Waals surface area (Å²) in [5.74, 6) is -0.0330. The Balaban J connectivity index is 2.13. The van der Waals surface area contributed by atoms with Crippen molar-refractivity contribution >= 4 is 11.6 Å². The van der Waals surface area contributed by atoms with Gasteiger partial charge < -0.3 is 10.6 Å². The molecule has 3 nitrogen and oxygen atoms in total. The highest BCUT2D eigenvalue weighted by molar-refractivity contribution is 5.99. The normalized spacial score (nSPS) is 22.4. The van der Waals surface area contributed by atoms with Crippen LogP contribution in [0.25, 0.3) is 0 Å². The van der Waals surface area contributed by atoms with Gasteiger partial charge in [0.25, 0.3) is 5.91 Å². The fourth-order valence-electron chi connectivity index (χ4n) is 3.10. The Morgan fingerprint density at radius 2 is 2.10 bits per heavy atom. The summed E-state index contributed by atoms with van der Waals surface area (Å²) in [5.41, 5.74) is 0.654. The van der Waals surface area contributed by atoms with Gasteiger partial charge in [-0.3, -0.25) is 4.79 Å². The molecular weight excluding hydrogens is 255 g/mol. The first kappa shape index (κ1) is 14.8. The van der Waals surface area contributed by atoms with Crippen LogP contribution in [0.2, 0.25) is 0 Å². The van der Waals surface area contributed by atoms with Crippen LogP contribution in [0.1, 0.15) is 49.4 Å². The van der Waals surface area contributed by atoms with Crippen LogP contribution in [0.5, 0.6) is 0 Å². The summed E-state index contributed by atoms with van der Waals surface area (Å²) >= 11 is 0. The van der Waals surface area contributed by atoms with E-state index >= 15 is 0 Å². The van der Waals surface area contributed by atoms with Gasteiger partial charge >= 0.3 is 0 Å². The monoisotopic (exact) mass is 278 g/mol. The van der Waals surface area contributed by atoms with Crippen molar-refractivity contribution in [2.24, 2.45) is 5.92 Å². The molecule has 1 aromatic rings. The Bertz CT molecular complexity index is 476. The highest BCUT2D eigenvalue weighted by Crippen LogP contribution is 2.27. The number of carbonyl (C=O) groups excluding carboxylic acids is 1. The lowest BCUT2D eigenvalue weighted by Gasteiger charge is -2.31. The molecular formula is C16H23FN2O. The molecule has 0 radical (unpaired) electrons. The highest BCUT2D eigenvalue weighted by atomic mass is 19.1. The van der Waals surface area contributed by atoms with Crippen LogP contribution in [-0.2, 0) is 0 Å². The number of carbonyl (C=O) groups is 1. The Hall–Kier alpha value is -1.58. The van der Waals surface area contributed by atoms with Crippen LogP contribution in [0.3, 0.4) is 0 Å². The van der Waals surface area contributed by atoms with Crippen molar-refractivity contribution in [2.75, 3.05) is 12.4 Å². The van der Waals surface area contributed by atoms with Gasteiger partial charge in [-0.25, -0.2) is 4.39 Å². The molecule has 0 saturated heterocycles. The van der Waals surface area contributed by atoms with E-state index in [4.69, 9.17) is 0 Å². The summed E-state index contributed by atoms with van der Waals surface area (Å²) in [4.78, 5) is 12.4. The van der Waals surface area contributed by atoms with Crippen LogP contribution < -0.4 is 10.6 Å². The topological polar surface area (TPSA) is 41.1 Å². The Morgan fingerprint density at radius 1 is 1.35 bits per heavy atom. The first-order valence-corrected chi connectivity index (χ1v) is 7.44. The molecule has 1 aliphatic rings. The molecule has 0 bridgehead atoms. The predicted octanol–water partition coefficient (Wildman–Crippen LogP) is 3.57. The molecule has 0 heterocycles. The van der Waals surface area contributed by atoms with Gasteiger partial charge in [0.1, 0.15) is 5.82 Å². The minimum Gasteiger partial charge on any atom is -0.385 e. The van der Waals surface area contributed by atoms with E-state index in [1.54, 1.807) is 19.2 Å². The predicted molar refractivity (Wildman–Crippen MR) is 79.4 cm³/mol. The maximum absolute atomic E-state index is 13.7. The van der Waals surface area contributed by atoms with Gasteiger partial charge in [0.15, 0.2) is 0 Å². The fraction of sp³-hybridized carbons (Fsp3) is 0.562. The summed E-state index contributed by atoms with van der Waals surface area (Å²) in [6.07, 6.45) is 5.67. The van der Waals surface area contributed by atoms with E-state index in [2.05, 4.69) is 17.6 Å². The lowest BCUT2D eigenvalue weighted by Crippen LogP contribution is -2.42. The molecule has 2 atom stereocenters. The maximum atomic E-state index is 13.7. The average Bonchev–Trinajstić information content (AvgIpc) is 2.47. The second-order valence-electron chi connectivity index (χ2n) is 5.45. The summed E-state index contributed by atoms with van der Waals surface area (Å²) in [5, 5.41) is 5.86. The van der Waals surface area contributed by atoms with E-state index < -0.39 is 5.82 Å². The molecule has 20 heavy (non-hydrogen) atoms. The van der Waals surface area contributed by atoms with Crippen LogP contribution in [-0.4, -0.2) is 19.0 Å². The van der Waals surface area contributed by atoms with Gasteiger partial charge in [-0.05, 0) is 30.9 Å². The molecule has 2 rings (SSSR count). The minimum absolute atomic E-state index is 0.181. The Labute approximate surface area is 120 Å². The van der Waals surface area contributed by atoms with Crippen molar-refractivity contribution < 1.29 is 9.18 Å². The maximum Gasteiger partial charge on any atom is 0.253 e. The second kappa shape index (κ2) is 6.73. The standard InChI is InChI=1S/C16H23FN2O/c1-3-11-7-4-5-10-14(11)19-16(20)12-8-6-9-13(17)15(12)18-2/h6,8-9,11,14,18H,3-5,7,10H2,1-2H3,(H,19,20). The lowest BCUT2D eigenvalue weighted by atomic mass is 9.83. The van der Waals surface area contributed by atoms with Crippen molar-refractivity contribution in [1.29, 1.82) is 0 Å². The molecule has 0 spiro atoms. The third-order valence-corrected chi connectivity index (χ3v) is 4.26. The number of benzene rings is 1. The highest BCUT2D eigenvalue weighted by Gasteiger charge is 2.26. The first-order valence-electron chi connectivity index (χ1n) is 7.44. The molecule has 1 saturated carbocycles. The van der Waals surface area contributed by atoms with Gasteiger partial charge in [-0.1, -0.05) is 32.3 Å². The number of rotatable bonds is 4. The molecule has 1 fully saturated rings. The van der Waals surface area contributed by atoms with E-state index in [9.17, 15) is 9.18 Å². The number of anilines is 1. The Kier molecular flexibility index (Phi) is 4.99. The van der Waals surface area contributed by atoms with E-state index in [1.165, 1.54) is 18.9 Å². The van der Waals surface area contributed by atoms with E-state index in [-0.39, 0.29) is 17.6 Å². The number of nitrogens with one attached hydrogen (secondary N) is 2. The summed E-state index contributed by atoms with van der Waals surface area (Å²) in [6.45, 7) is 2.16. The molecule has 1 aliphatic carbocycles. The SMILES string of the molecule is CCC1CCCCC1NC(=O)c1cccc(F)c1NC. The van der Waals surface area contributed by atoms with Gasteiger partial charge in [0.05, 0.1) is 11.3 Å². The van der Waals surface area contributed by atoms with E-state index in [0.717, 1.165) is 19.3 Å². The minimum atomic E-state index is -0.393. The number of hydrogen-bond donors (Lipinski definition) is 2. The first-order chi connectivity index (χ1) is 9.67. The Morgan fingerprint density at radius 3 is 2.80 bits per heavy atom. The molecule has 110 valence electrons.